The van der Waals surface area contributed by atoms with Crippen LogP contribution in [0.4, 0.5) is 0 Å². The monoisotopic (exact) mass is 749 g/mol. The Kier molecular flexibility index (Phi) is 19.0. The van der Waals surface area contributed by atoms with E-state index < -0.39 is 0 Å². The van der Waals surface area contributed by atoms with Gasteiger partial charge in [0.2, 0.25) is 0 Å². The predicted octanol–water partition coefficient (Wildman–Crippen LogP) is 6.45. The summed E-state index contributed by atoms with van der Waals surface area (Å²) in [5.74, 6) is 0. The van der Waals surface area contributed by atoms with Gasteiger partial charge in [0.25, 0.3) is 0 Å². The van der Waals surface area contributed by atoms with Gasteiger partial charge in [-0.2, -0.15) is 0 Å². The van der Waals surface area contributed by atoms with Crippen LogP contribution in [0.1, 0.15) is 0 Å². The van der Waals surface area contributed by atoms with Crippen molar-refractivity contribution >= 4 is 0 Å². The molecule has 0 aliphatic heterocycles. The van der Waals surface area contributed by atoms with Gasteiger partial charge >= 0.3 is 20.1 Å². The van der Waals surface area contributed by atoms with Gasteiger partial charge < -0.3 is 25.3 Å². The fourth-order valence-electron chi connectivity index (χ4n) is 3.65. The number of rotatable bonds is 4. The molecule has 0 bridgehead atoms. The van der Waals surface area contributed by atoms with Gasteiger partial charge in [-0.15, -0.1) is 96.1 Å². The summed E-state index contributed by atoms with van der Waals surface area (Å²) < 4.78 is 0. The summed E-state index contributed by atoms with van der Waals surface area (Å²) in [6.45, 7) is 0. The third-order valence-electron chi connectivity index (χ3n) is 5.40. The van der Waals surface area contributed by atoms with Crippen molar-refractivity contribution in [1.29, 1.82) is 0 Å². The quantitative estimate of drug-likeness (QED) is 0.180. The van der Waals surface area contributed by atoms with Crippen LogP contribution < -0.4 is 0 Å². The molecule has 0 amide bonds. The van der Waals surface area contributed by atoms with Crippen LogP contribution in [0, 0.1) is 18.2 Å². The van der Waals surface area contributed by atoms with Crippen LogP contribution in [0.5, 0.6) is 0 Å². The van der Waals surface area contributed by atoms with Gasteiger partial charge in [0, 0.05) is 39.4 Å². The number of aliphatic hydroxyl groups is 3. The molecule has 0 saturated heterocycles. The van der Waals surface area contributed by atoms with Gasteiger partial charge in [-0.3, -0.25) is 4.98 Å². The molecule has 0 aliphatic rings. The van der Waals surface area contributed by atoms with Crippen molar-refractivity contribution in [3.8, 4) is 45.0 Å². The van der Waals surface area contributed by atoms with Crippen molar-refractivity contribution in [1.82, 2.24) is 15.0 Å². The molecule has 0 saturated carbocycles. The van der Waals surface area contributed by atoms with Crippen molar-refractivity contribution < 1.29 is 35.4 Å². The van der Waals surface area contributed by atoms with Crippen molar-refractivity contribution in [2.75, 3.05) is 21.3 Å². The SMILES string of the molecule is CO.CO.CO.[Ir+3].[c-]1ccccc1-c1cccc(-c2[c-]c(-c3ccccn3)ccc2)n1.[c-]1ccccc1-c1ccccn1. The number of hydrogen-bond acceptors (Lipinski definition) is 6. The normalized spacial score (nSPS) is 8.98. The minimum atomic E-state index is 0. The van der Waals surface area contributed by atoms with E-state index in [0.717, 1.165) is 66.4 Å². The van der Waals surface area contributed by atoms with E-state index in [1.165, 1.54) is 0 Å². The van der Waals surface area contributed by atoms with Crippen LogP contribution in [-0.2, 0) is 20.1 Å². The number of nitrogens with zero attached hydrogens (tertiary/aromatic N) is 3. The smallest absolute Gasteiger partial charge is 0.400 e. The van der Waals surface area contributed by atoms with Gasteiger partial charge in [-0.1, -0.05) is 53.6 Å². The summed E-state index contributed by atoms with van der Waals surface area (Å²) in [5.41, 5.74) is 7.62. The summed E-state index contributed by atoms with van der Waals surface area (Å²) >= 11 is 0. The van der Waals surface area contributed by atoms with Gasteiger partial charge in [0.05, 0.1) is 0 Å². The molecule has 0 unspecified atom stereocenters. The second kappa shape index (κ2) is 22.3. The van der Waals surface area contributed by atoms with Crippen molar-refractivity contribution in [3.05, 3.63) is 152 Å². The van der Waals surface area contributed by atoms with Gasteiger partial charge in [0.15, 0.2) is 0 Å². The molecule has 3 N–H and O–H groups in total. The zero-order valence-corrected chi connectivity index (χ0v) is 26.6. The first-order chi connectivity index (χ1) is 20.9. The first-order valence-corrected chi connectivity index (χ1v) is 13.0. The van der Waals surface area contributed by atoms with Gasteiger partial charge in [-0.25, -0.2) is 0 Å². The van der Waals surface area contributed by atoms with Crippen LogP contribution >= 0.6 is 0 Å². The van der Waals surface area contributed by atoms with Crippen LogP contribution in [0.2, 0.25) is 0 Å². The summed E-state index contributed by atoms with van der Waals surface area (Å²) in [6.07, 6.45) is 3.58. The van der Waals surface area contributed by atoms with Gasteiger partial charge in [-0.05, 0) is 29.2 Å². The molecule has 3 aromatic heterocycles. The molecule has 0 spiro atoms. The largest absolute Gasteiger partial charge is 3.00 e. The Balaban J connectivity index is 0.000000411. The second-order valence-electron chi connectivity index (χ2n) is 7.87. The molecular weight excluding hydrogens is 715 g/mol. The number of aromatic nitrogens is 3. The molecular formula is C36H34IrN3O3. The molecule has 3 aromatic carbocycles. The molecule has 7 heteroatoms. The van der Waals surface area contributed by atoms with Crippen molar-refractivity contribution in [2.45, 2.75) is 0 Å². The average Bonchev–Trinajstić information content (AvgIpc) is 3.13. The number of hydrogen-bond donors (Lipinski definition) is 3. The van der Waals surface area contributed by atoms with E-state index in [-0.39, 0.29) is 20.1 Å². The summed E-state index contributed by atoms with van der Waals surface area (Å²) in [4.78, 5) is 13.4. The minimum Gasteiger partial charge on any atom is -0.400 e. The summed E-state index contributed by atoms with van der Waals surface area (Å²) in [6, 6.07) is 49.3. The summed E-state index contributed by atoms with van der Waals surface area (Å²) in [5, 5.41) is 21.0. The third kappa shape index (κ3) is 11.8. The summed E-state index contributed by atoms with van der Waals surface area (Å²) in [7, 11) is 3.00. The molecule has 0 fully saturated rings. The van der Waals surface area contributed by atoms with Crippen LogP contribution in [0.15, 0.2) is 134 Å². The van der Waals surface area contributed by atoms with E-state index >= 15 is 0 Å². The zero-order chi connectivity index (χ0) is 30.4. The van der Waals surface area contributed by atoms with E-state index in [4.69, 9.17) is 20.3 Å². The standard InChI is InChI=1S/C22H14N2.C11H8N.3CH4O.Ir/c1-2-8-17(9-3-1)21-13-7-14-22(24-21)19-11-6-10-18(16-19)20-12-4-5-15-23-20;1-2-6-10(7-3-1)11-8-4-5-9-12-11;3*1-2;/h1-8,10-15H;1-6,8-9H;3*2H,1H3;/q-2;-1;;;;+3. The Labute approximate surface area is 267 Å². The topological polar surface area (TPSA) is 99.4 Å². The molecule has 3 heterocycles. The molecule has 220 valence electrons. The number of pyridine rings is 3. The van der Waals surface area contributed by atoms with E-state index in [1.54, 1.807) is 12.4 Å². The fraction of sp³-hybridized carbons (Fsp3) is 0.0833. The van der Waals surface area contributed by atoms with Crippen LogP contribution in [0.3, 0.4) is 0 Å². The number of benzene rings is 3. The molecule has 0 aliphatic carbocycles. The van der Waals surface area contributed by atoms with Gasteiger partial charge in [0.1, 0.15) is 0 Å². The Morgan fingerprint density at radius 2 is 0.791 bits per heavy atom. The predicted molar refractivity (Wildman–Crippen MR) is 169 cm³/mol. The molecule has 6 aromatic rings. The maximum Gasteiger partial charge on any atom is 3.00 e. The maximum atomic E-state index is 7.00. The van der Waals surface area contributed by atoms with E-state index in [0.29, 0.717) is 0 Å². The Bertz CT molecular complexity index is 1410. The Morgan fingerprint density at radius 1 is 0.419 bits per heavy atom. The van der Waals surface area contributed by atoms with Crippen LogP contribution in [-0.4, -0.2) is 51.6 Å². The third-order valence-corrected chi connectivity index (χ3v) is 5.40. The van der Waals surface area contributed by atoms with Crippen LogP contribution in [0.25, 0.3) is 45.0 Å². The van der Waals surface area contributed by atoms with E-state index in [9.17, 15) is 0 Å². The Hall–Kier alpha value is -4.36. The Morgan fingerprint density at radius 3 is 1.26 bits per heavy atom. The molecule has 0 atom stereocenters. The minimum absolute atomic E-state index is 0. The maximum absolute atomic E-state index is 7.00. The van der Waals surface area contributed by atoms with E-state index in [1.807, 2.05) is 121 Å². The molecule has 43 heavy (non-hydrogen) atoms. The first-order valence-electron chi connectivity index (χ1n) is 13.0. The van der Waals surface area contributed by atoms with Crippen molar-refractivity contribution in [3.63, 3.8) is 0 Å². The molecule has 6 rings (SSSR count). The number of aliphatic hydroxyl groups excluding tert-OH is 3. The molecule has 0 radical (unpaired) electrons. The van der Waals surface area contributed by atoms with Crippen molar-refractivity contribution in [2.24, 2.45) is 0 Å². The first kappa shape index (κ1) is 36.7. The zero-order valence-electron chi connectivity index (χ0n) is 24.2. The van der Waals surface area contributed by atoms with E-state index in [2.05, 4.69) is 28.2 Å². The average molecular weight is 749 g/mol. The fourth-order valence-corrected chi connectivity index (χ4v) is 3.65. The molecule has 6 nitrogen and oxygen atoms in total. The second-order valence-corrected chi connectivity index (χ2v) is 7.87.